The van der Waals surface area contributed by atoms with Crippen LogP contribution in [0, 0.1) is 20.8 Å². The molecule has 0 saturated heterocycles. The van der Waals surface area contributed by atoms with Crippen LogP contribution in [0.3, 0.4) is 0 Å². The molecule has 6 heteroatoms. The third-order valence-electron chi connectivity index (χ3n) is 4.47. The van der Waals surface area contributed by atoms with Gasteiger partial charge in [-0.2, -0.15) is 5.10 Å². The van der Waals surface area contributed by atoms with E-state index < -0.39 is 0 Å². The Morgan fingerprint density at radius 3 is 2.58 bits per heavy atom. The first-order chi connectivity index (χ1) is 12.4. The summed E-state index contributed by atoms with van der Waals surface area (Å²) in [7, 11) is 3.73. The van der Waals surface area contributed by atoms with E-state index in [1.54, 1.807) is 9.69 Å². The van der Waals surface area contributed by atoms with Crippen molar-refractivity contribution >= 4 is 5.69 Å². The van der Waals surface area contributed by atoms with E-state index in [9.17, 15) is 0 Å². The van der Waals surface area contributed by atoms with Crippen molar-refractivity contribution in [2.45, 2.75) is 27.4 Å². The Bertz CT molecular complexity index is 930. The maximum Gasteiger partial charge on any atom is 0.216 e. The van der Waals surface area contributed by atoms with Gasteiger partial charge in [0.25, 0.3) is 0 Å². The highest BCUT2D eigenvalue weighted by atomic mass is 16.5. The van der Waals surface area contributed by atoms with Crippen LogP contribution >= 0.6 is 0 Å². The summed E-state index contributed by atoms with van der Waals surface area (Å²) >= 11 is 0. The number of nitrogens with zero attached hydrogens (tertiary/aromatic N) is 4. The van der Waals surface area contributed by atoms with Crippen molar-refractivity contribution in [3.63, 3.8) is 0 Å². The van der Waals surface area contributed by atoms with Crippen LogP contribution in [0.4, 0.5) is 5.69 Å². The molecule has 1 aromatic carbocycles. The molecule has 0 bridgehead atoms. The Balaban J connectivity index is 1.87. The molecule has 3 aromatic rings. The Morgan fingerprint density at radius 1 is 1.15 bits per heavy atom. The molecule has 2 N–H and O–H groups in total. The third kappa shape index (κ3) is 3.55. The maximum atomic E-state index is 6.05. The summed E-state index contributed by atoms with van der Waals surface area (Å²) in [6.07, 6.45) is 1.93. The van der Waals surface area contributed by atoms with Gasteiger partial charge in [0.15, 0.2) is 0 Å². The van der Waals surface area contributed by atoms with Gasteiger partial charge in [0.2, 0.25) is 5.88 Å². The Kier molecular flexibility index (Phi) is 4.95. The van der Waals surface area contributed by atoms with Crippen LogP contribution in [0.2, 0.25) is 0 Å². The molecule has 6 nitrogen and oxygen atoms in total. The zero-order valence-electron chi connectivity index (χ0n) is 15.9. The van der Waals surface area contributed by atoms with Gasteiger partial charge in [-0.15, -0.1) is 0 Å². The Morgan fingerprint density at radius 2 is 1.92 bits per heavy atom. The van der Waals surface area contributed by atoms with E-state index in [-0.39, 0.29) is 0 Å². The predicted octanol–water partition coefficient (Wildman–Crippen LogP) is 3.30. The lowest BCUT2D eigenvalue weighted by Crippen LogP contribution is -2.26. The molecule has 0 aliphatic rings. The van der Waals surface area contributed by atoms with Crippen molar-refractivity contribution in [2.24, 2.45) is 12.9 Å². The second kappa shape index (κ2) is 7.17. The molecule has 2 aromatic heterocycles. The number of pyridine rings is 1. The average Bonchev–Trinajstić information content (AvgIpc) is 3.02. The van der Waals surface area contributed by atoms with Crippen LogP contribution in [0.25, 0.3) is 11.3 Å². The predicted molar refractivity (Wildman–Crippen MR) is 104 cm³/mol. The molecule has 0 aliphatic heterocycles. The van der Waals surface area contributed by atoms with Gasteiger partial charge in [0.05, 0.1) is 17.1 Å². The first-order valence-electron chi connectivity index (χ1n) is 8.54. The normalized spacial score (nSPS) is 10.8. The average molecular weight is 351 g/mol. The smallest absolute Gasteiger partial charge is 0.216 e. The zero-order chi connectivity index (χ0) is 18.8. The molecule has 2 heterocycles. The summed E-state index contributed by atoms with van der Waals surface area (Å²) in [6, 6.07) is 10.1. The summed E-state index contributed by atoms with van der Waals surface area (Å²) in [5.74, 6) is 6.58. The standard InChI is InChI=1S/C20H25N5O/c1-13-7-6-8-19(25(5)21)17(13)12-26-20-14(2)11-16(15(3)22-20)18-9-10-24(4)23-18/h6-11H,12,21H2,1-5H3. The van der Waals surface area contributed by atoms with E-state index >= 15 is 0 Å². The van der Waals surface area contributed by atoms with Gasteiger partial charge in [0.1, 0.15) is 6.61 Å². The first kappa shape index (κ1) is 17.9. The zero-order valence-corrected chi connectivity index (χ0v) is 15.9. The first-order valence-corrected chi connectivity index (χ1v) is 8.54. The highest BCUT2D eigenvalue weighted by Gasteiger charge is 2.13. The van der Waals surface area contributed by atoms with E-state index in [1.165, 1.54) is 0 Å². The summed E-state index contributed by atoms with van der Waals surface area (Å²) in [4.78, 5) is 4.66. The number of ether oxygens (including phenoxy) is 1. The van der Waals surface area contributed by atoms with Crippen LogP contribution in [-0.2, 0) is 13.7 Å². The highest BCUT2D eigenvalue weighted by molar-refractivity contribution is 5.63. The molecule has 0 unspecified atom stereocenters. The van der Waals surface area contributed by atoms with E-state index in [2.05, 4.69) is 29.1 Å². The topological polar surface area (TPSA) is 69.2 Å². The molecule has 0 saturated carbocycles. The summed E-state index contributed by atoms with van der Waals surface area (Å²) in [6.45, 7) is 6.45. The summed E-state index contributed by atoms with van der Waals surface area (Å²) < 4.78 is 7.84. The number of aromatic nitrogens is 3. The number of hydrazine groups is 1. The Labute approximate surface area is 154 Å². The van der Waals surface area contributed by atoms with Gasteiger partial charge in [-0.25, -0.2) is 10.8 Å². The molecule has 26 heavy (non-hydrogen) atoms. The van der Waals surface area contributed by atoms with Gasteiger partial charge in [-0.3, -0.25) is 4.68 Å². The molecule has 0 amide bonds. The number of rotatable bonds is 5. The minimum absolute atomic E-state index is 0.416. The molecule has 3 rings (SSSR count). The largest absolute Gasteiger partial charge is 0.473 e. The number of hydrogen-bond acceptors (Lipinski definition) is 5. The van der Waals surface area contributed by atoms with Gasteiger partial charge in [0, 0.05) is 37.0 Å². The highest BCUT2D eigenvalue weighted by Crippen LogP contribution is 2.28. The van der Waals surface area contributed by atoms with Crippen LogP contribution < -0.4 is 15.6 Å². The minimum atomic E-state index is 0.416. The molecule has 0 fully saturated rings. The molecule has 0 radical (unpaired) electrons. The maximum absolute atomic E-state index is 6.05. The van der Waals surface area contributed by atoms with E-state index in [1.807, 2.05) is 52.3 Å². The summed E-state index contributed by atoms with van der Waals surface area (Å²) in [5, 5.41) is 6.08. The molecule has 0 atom stereocenters. The molecule has 136 valence electrons. The molecule has 0 aliphatic carbocycles. The fourth-order valence-corrected chi connectivity index (χ4v) is 2.99. The van der Waals surface area contributed by atoms with E-state index in [4.69, 9.17) is 10.6 Å². The fraction of sp³-hybridized carbons (Fsp3) is 0.300. The fourth-order valence-electron chi connectivity index (χ4n) is 2.99. The molecular weight excluding hydrogens is 326 g/mol. The lowest BCUT2D eigenvalue weighted by molar-refractivity contribution is 0.290. The second-order valence-corrected chi connectivity index (χ2v) is 6.59. The monoisotopic (exact) mass is 351 g/mol. The van der Waals surface area contributed by atoms with Gasteiger partial charge in [-0.05, 0) is 44.5 Å². The van der Waals surface area contributed by atoms with Gasteiger partial charge < -0.3 is 9.75 Å². The minimum Gasteiger partial charge on any atom is -0.473 e. The van der Waals surface area contributed by atoms with Crippen LogP contribution in [-0.4, -0.2) is 21.8 Å². The quantitative estimate of drug-likeness (QED) is 0.564. The lowest BCUT2D eigenvalue weighted by Gasteiger charge is -2.19. The van der Waals surface area contributed by atoms with Crippen molar-refractivity contribution in [1.82, 2.24) is 14.8 Å². The number of hydrogen-bond donors (Lipinski definition) is 1. The lowest BCUT2D eigenvalue weighted by atomic mass is 10.1. The van der Waals surface area contributed by atoms with Crippen molar-refractivity contribution in [2.75, 3.05) is 12.1 Å². The van der Waals surface area contributed by atoms with E-state index in [0.29, 0.717) is 12.5 Å². The van der Waals surface area contributed by atoms with Gasteiger partial charge >= 0.3 is 0 Å². The number of benzene rings is 1. The van der Waals surface area contributed by atoms with E-state index in [0.717, 1.165) is 39.3 Å². The van der Waals surface area contributed by atoms with Crippen LogP contribution in [0.15, 0.2) is 36.5 Å². The van der Waals surface area contributed by atoms with Crippen molar-refractivity contribution in [1.29, 1.82) is 0 Å². The van der Waals surface area contributed by atoms with Gasteiger partial charge in [-0.1, -0.05) is 12.1 Å². The number of aryl methyl sites for hydroxylation is 4. The Hall–Kier alpha value is -2.86. The van der Waals surface area contributed by atoms with Crippen molar-refractivity contribution < 1.29 is 4.74 Å². The summed E-state index contributed by atoms with van der Waals surface area (Å²) in [5.41, 5.74) is 6.96. The molecule has 0 spiro atoms. The van der Waals surface area contributed by atoms with Crippen molar-refractivity contribution in [3.05, 3.63) is 58.9 Å². The van der Waals surface area contributed by atoms with Crippen LogP contribution in [0.5, 0.6) is 5.88 Å². The number of anilines is 1. The SMILES string of the molecule is Cc1cc(-c2ccn(C)n2)c(C)nc1OCc1c(C)cccc1N(C)N. The van der Waals surface area contributed by atoms with Crippen LogP contribution in [0.1, 0.15) is 22.4 Å². The second-order valence-electron chi connectivity index (χ2n) is 6.59. The third-order valence-corrected chi connectivity index (χ3v) is 4.47. The number of nitrogens with two attached hydrogens (primary N) is 1. The molecular formula is C20H25N5O. The van der Waals surface area contributed by atoms with Crippen molar-refractivity contribution in [3.8, 4) is 17.1 Å².